The van der Waals surface area contributed by atoms with Crippen molar-refractivity contribution >= 4 is 22.5 Å². The van der Waals surface area contributed by atoms with Crippen LogP contribution >= 0.6 is 0 Å². The largest absolute Gasteiger partial charge is 0.872 e. The molecule has 1 N–H and O–H groups in total. The Morgan fingerprint density at radius 3 is 2.04 bits per heavy atom. The number of ketones is 2. The molecule has 4 rings (SSSR count). The average molecular weight is 321 g/mol. The Labute approximate surface area is 134 Å². The fraction of sp³-hybridized carbons (Fsp3) is 0.0556. The number of benzene rings is 2. The molecule has 0 aliphatic heterocycles. The summed E-state index contributed by atoms with van der Waals surface area (Å²) in [6.07, 6.45) is 0. The molecule has 3 aromatic rings. The van der Waals surface area contributed by atoms with E-state index in [1.165, 1.54) is 36.4 Å². The molecule has 0 saturated carbocycles. The Balaban J connectivity index is 2.07. The molecule has 1 aromatic heterocycles. The van der Waals surface area contributed by atoms with E-state index in [1.54, 1.807) is 12.1 Å². The molecule has 1 heterocycles. The zero-order chi connectivity index (χ0) is 17.1. The minimum absolute atomic E-state index is 0.0112. The van der Waals surface area contributed by atoms with Crippen molar-refractivity contribution in [3.8, 4) is 5.75 Å². The maximum absolute atomic E-state index is 12.7. The normalized spacial score (nSPS) is 15.7. The smallest absolute Gasteiger partial charge is 0.342 e. The molecule has 2 aromatic carbocycles. The second-order valence-corrected chi connectivity index (χ2v) is 5.50. The first kappa shape index (κ1) is 14.3. The monoisotopic (exact) mass is 321 g/mol. The summed E-state index contributed by atoms with van der Waals surface area (Å²) in [5.41, 5.74) is -4.96. The van der Waals surface area contributed by atoms with Gasteiger partial charge in [-0.2, -0.15) is 0 Å². The third kappa shape index (κ3) is 1.60. The van der Waals surface area contributed by atoms with E-state index < -0.39 is 34.1 Å². The van der Waals surface area contributed by atoms with E-state index in [4.69, 9.17) is 4.42 Å². The summed E-state index contributed by atoms with van der Waals surface area (Å²) in [6.45, 7) is 0. The van der Waals surface area contributed by atoms with Gasteiger partial charge in [-0.1, -0.05) is 48.2 Å². The van der Waals surface area contributed by atoms with Crippen LogP contribution in [0, 0.1) is 0 Å². The SMILES string of the molecule is O=C1c2ccccc2C(=O)C1(O)c1c([O-])c2ccccc2oc1=O. The first-order valence-electron chi connectivity index (χ1n) is 7.10. The number of aliphatic hydroxyl groups is 1. The summed E-state index contributed by atoms with van der Waals surface area (Å²) in [5.74, 6) is -2.88. The lowest BCUT2D eigenvalue weighted by atomic mass is 9.88. The second-order valence-electron chi connectivity index (χ2n) is 5.50. The highest BCUT2D eigenvalue weighted by Gasteiger charge is 2.55. The molecule has 0 amide bonds. The molecule has 0 atom stereocenters. The van der Waals surface area contributed by atoms with Gasteiger partial charge in [-0.25, -0.2) is 4.79 Å². The van der Waals surface area contributed by atoms with Crippen LogP contribution in [-0.4, -0.2) is 16.7 Å². The maximum atomic E-state index is 12.7. The highest BCUT2D eigenvalue weighted by Crippen LogP contribution is 2.40. The topological polar surface area (TPSA) is 108 Å². The van der Waals surface area contributed by atoms with Gasteiger partial charge in [0.1, 0.15) is 5.58 Å². The summed E-state index contributed by atoms with van der Waals surface area (Å²) >= 11 is 0. The van der Waals surface area contributed by atoms with Gasteiger partial charge in [-0.3, -0.25) is 9.59 Å². The third-order valence-electron chi connectivity index (χ3n) is 4.20. The highest BCUT2D eigenvalue weighted by molar-refractivity contribution is 6.32. The van der Waals surface area contributed by atoms with Crippen molar-refractivity contribution in [2.24, 2.45) is 0 Å². The maximum Gasteiger partial charge on any atom is 0.342 e. The molecule has 0 saturated heterocycles. The Bertz CT molecular complexity index is 1060. The van der Waals surface area contributed by atoms with E-state index in [0.29, 0.717) is 0 Å². The number of hydrogen-bond donors (Lipinski definition) is 1. The quantitative estimate of drug-likeness (QED) is 0.532. The molecule has 24 heavy (non-hydrogen) atoms. The number of Topliss-reactive ketones (excluding diaryl/α,β-unsaturated/α-hetero) is 2. The first-order valence-corrected chi connectivity index (χ1v) is 7.10. The van der Waals surface area contributed by atoms with Crippen LogP contribution in [0.15, 0.2) is 57.7 Å². The zero-order valence-corrected chi connectivity index (χ0v) is 12.1. The van der Waals surface area contributed by atoms with Gasteiger partial charge < -0.3 is 14.6 Å². The summed E-state index contributed by atoms with van der Waals surface area (Å²) in [5, 5.41) is 23.5. The molecule has 0 radical (unpaired) electrons. The third-order valence-corrected chi connectivity index (χ3v) is 4.20. The van der Waals surface area contributed by atoms with E-state index in [0.717, 1.165) is 0 Å². The van der Waals surface area contributed by atoms with E-state index >= 15 is 0 Å². The molecule has 6 heteroatoms. The fourth-order valence-corrected chi connectivity index (χ4v) is 3.03. The number of fused-ring (bicyclic) bond motifs is 2. The lowest BCUT2D eigenvalue weighted by Crippen LogP contribution is -2.42. The minimum atomic E-state index is -2.86. The molecule has 0 fully saturated rings. The van der Waals surface area contributed by atoms with Crippen molar-refractivity contribution < 1.29 is 24.2 Å². The Hall–Kier alpha value is -3.25. The molecule has 1 aliphatic carbocycles. The van der Waals surface area contributed by atoms with Gasteiger partial charge in [0.2, 0.25) is 17.2 Å². The lowest BCUT2D eigenvalue weighted by molar-refractivity contribution is -0.268. The van der Waals surface area contributed by atoms with Gasteiger partial charge in [0.25, 0.3) is 0 Å². The molecule has 0 spiro atoms. The van der Waals surface area contributed by atoms with E-state index in [1.807, 2.05) is 0 Å². The van der Waals surface area contributed by atoms with Crippen molar-refractivity contribution in [3.05, 3.63) is 75.6 Å². The molecule has 0 bridgehead atoms. The van der Waals surface area contributed by atoms with Crippen molar-refractivity contribution in [2.45, 2.75) is 5.60 Å². The number of carbonyl (C=O) groups excluding carboxylic acids is 2. The van der Waals surface area contributed by atoms with E-state index in [9.17, 15) is 24.6 Å². The van der Waals surface area contributed by atoms with Gasteiger partial charge in [-0.15, -0.1) is 0 Å². The minimum Gasteiger partial charge on any atom is -0.872 e. The number of rotatable bonds is 1. The number of para-hydroxylation sites is 1. The van der Waals surface area contributed by atoms with Gasteiger partial charge in [0, 0.05) is 16.5 Å². The number of hydrogen-bond acceptors (Lipinski definition) is 6. The Kier molecular flexibility index (Phi) is 2.76. The van der Waals surface area contributed by atoms with Crippen LogP contribution in [0.4, 0.5) is 0 Å². The van der Waals surface area contributed by atoms with Crippen LogP contribution in [0.3, 0.4) is 0 Å². The number of carbonyl (C=O) groups is 2. The first-order chi connectivity index (χ1) is 11.5. The van der Waals surface area contributed by atoms with Crippen molar-refractivity contribution in [3.63, 3.8) is 0 Å². The average Bonchev–Trinajstić information content (AvgIpc) is 2.78. The molecule has 118 valence electrons. The summed E-state index contributed by atoms with van der Waals surface area (Å²) in [6, 6.07) is 11.7. The predicted octanol–water partition coefficient (Wildman–Crippen LogP) is 1.13. The molecular formula is C18H9O6-. The molecule has 6 nitrogen and oxygen atoms in total. The Morgan fingerprint density at radius 1 is 0.875 bits per heavy atom. The van der Waals surface area contributed by atoms with Gasteiger partial charge in [0.05, 0.1) is 5.56 Å². The van der Waals surface area contributed by atoms with Crippen LogP contribution < -0.4 is 10.7 Å². The van der Waals surface area contributed by atoms with Crippen LogP contribution in [0.2, 0.25) is 0 Å². The van der Waals surface area contributed by atoms with Crippen LogP contribution in [0.1, 0.15) is 26.3 Å². The lowest BCUT2D eigenvalue weighted by Gasteiger charge is -2.24. The summed E-state index contributed by atoms with van der Waals surface area (Å²) in [7, 11) is 0. The molecule has 0 unspecified atom stereocenters. The fourth-order valence-electron chi connectivity index (χ4n) is 3.03. The zero-order valence-electron chi connectivity index (χ0n) is 12.1. The second kappa shape index (κ2) is 4.62. The molecule has 1 aliphatic rings. The van der Waals surface area contributed by atoms with Crippen molar-refractivity contribution in [1.29, 1.82) is 0 Å². The van der Waals surface area contributed by atoms with Crippen LogP contribution in [-0.2, 0) is 5.60 Å². The van der Waals surface area contributed by atoms with Gasteiger partial charge in [-0.05, 0) is 6.07 Å². The van der Waals surface area contributed by atoms with E-state index in [2.05, 4.69) is 0 Å². The van der Waals surface area contributed by atoms with Gasteiger partial charge >= 0.3 is 5.63 Å². The Morgan fingerprint density at radius 2 is 1.42 bits per heavy atom. The van der Waals surface area contributed by atoms with Crippen molar-refractivity contribution in [2.75, 3.05) is 0 Å². The summed E-state index contributed by atoms with van der Waals surface area (Å²) in [4.78, 5) is 37.4. The summed E-state index contributed by atoms with van der Waals surface area (Å²) < 4.78 is 5.03. The van der Waals surface area contributed by atoms with Crippen LogP contribution in [0.5, 0.6) is 5.75 Å². The van der Waals surface area contributed by atoms with E-state index in [-0.39, 0.29) is 22.1 Å². The highest BCUT2D eigenvalue weighted by atomic mass is 16.4. The van der Waals surface area contributed by atoms with Gasteiger partial charge in [0.15, 0.2) is 0 Å². The predicted molar refractivity (Wildman–Crippen MR) is 80.9 cm³/mol. The standard InChI is InChI=1S/C18H10O6/c19-14-11-7-3-4-8-12(11)24-17(22)13(14)18(23)15(20)9-5-1-2-6-10(9)16(18)21/h1-8,19,23H/p-1. The van der Waals surface area contributed by atoms with Crippen molar-refractivity contribution in [1.82, 2.24) is 0 Å². The molecular weight excluding hydrogens is 312 g/mol. The van der Waals surface area contributed by atoms with Crippen LogP contribution in [0.25, 0.3) is 11.0 Å².